The Morgan fingerprint density at radius 1 is 0.616 bits per heavy atom. The minimum Gasteiger partial charge on any atom is -0.481 e. The molecule has 0 radical (unpaired) electrons. The first kappa shape index (κ1) is 64.3. The molecule has 0 spiro atoms. The number of aliphatic carboxylic acids is 3. The van der Waals surface area contributed by atoms with E-state index in [0.717, 1.165) is 0 Å². The van der Waals surface area contributed by atoms with Crippen LogP contribution in [0.2, 0.25) is 0 Å². The molecule has 1 aromatic heterocycles. The van der Waals surface area contributed by atoms with Crippen LogP contribution in [0.1, 0.15) is 78.3 Å². The summed E-state index contributed by atoms with van der Waals surface area (Å²) in [6, 6.07) is -13.4. The van der Waals surface area contributed by atoms with Gasteiger partial charge in [-0.3, -0.25) is 52.9 Å². The highest BCUT2D eigenvalue weighted by molar-refractivity contribution is 7.80. The monoisotopic (exact) mass is 1070 g/mol. The SMILES string of the molecule is CC(C)C[C@H](NC(=O)[C@H](CCCN=C(N)N)NC(=O)[C@@H](NC(=O)[C@H](CO)NC(=O)[C@H](CCC(=O)O)NC(=O)[C@@H](N)CS)C(C)C)C(=O)N[C@@H](Cc1cnc[nH]1)C(=O)N[C@@H](CCC(=O)O)C(=O)N[C@@H](CS)C(=O)O. The van der Waals surface area contributed by atoms with Crippen molar-refractivity contribution in [2.24, 2.45) is 34.0 Å². The zero-order valence-electron chi connectivity index (χ0n) is 40.8. The normalized spacial score (nSPS) is 14.8. The highest BCUT2D eigenvalue weighted by Gasteiger charge is 2.36. The lowest BCUT2D eigenvalue weighted by Crippen LogP contribution is -2.61. The van der Waals surface area contributed by atoms with Crippen molar-refractivity contribution in [2.45, 2.75) is 133 Å². The second-order valence-corrected chi connectivity index (χ2v) is 18.1. The van der Waals surface area contributed by atoms with Gasteiger partial charge in [-0.2, -0.15) is 25.3 Å². The van der Waals surface area contributed by atoms with Gasteiger partial charge in [0, 0.05) is 49.2 Å². The lowest BCUT2D eigenvalue weighted by Gasteiger charge is -2.29. The molecule has 1 rings (SSSR count). The molecule has 73 heavy (non-hydrogen) atoms. The van der Waals surface area contributed by atoms with Crippen LogP contribution in [0.3, 0.4) is 0 Å². The van der Waals surface area contributed by atoms with E-state index in [4.69, 9.17) is 17.2 Å². The largest absolute Gasteiger partial charge is 0.481 e. The summed E-state index contributed by atoms with van der Waals surface area (Å²) in [5, 5.41) is 57.3. The number of nitrogens with two attached hydrogens (primary N) is 3. The van der Waals surface area contributed by atoms with Gasteiger partial charge in [-0.05, 0) is 43.9 Å². The van der Waals surface area contributed by atoms with Crippen LogP contribution < -0.4 is 59.7 Å². The Morgan fingerprint density at radius 3 is 1.52 bits per heavy atom. The van der Waals surface area contributed by atoms with Gasteiger partial charge in [0.15, 0.2) is 5.96 Å². The van der Waals surface area contributed by atoms with Gasteiger partial charge >= 0.3 is 17.9 Å². The summed E-state index contributed by atoms with van der Waals surface area (Å²) in [6.45, 7) is 5.46. The Bertz CT molecular complexity index is 2080. The number of imidazole rings is 1. The number of H-pyrrole nitrogens is 1. The van der Waals surface area contributed by atoms with Crippen LogP contribution in [0.4, 0.5) is 0 Å². The van der Waals surface area contributed by atoms with E-state index in [-0.39, 0.29) is 55.6 Å². The number of nitrogens with zero attached hydrogens (tertiary/aromatic N) is 2. The number of aromatic amines is 1. The van der Waals surface area contributed by atoms with Crippen LogP contribution in [0.5, 0.6) is 0 Å². The zero-order valence-corrected chi connectivity index (χ0v) is 42.6. The van der Waals surface area contributed by atoms with E-state index in [1.807, 2.05) is 0 Å². The maximum Gasteiger partial charge on any atom is 0.327 e. The zero-order chi connectivity index (χ0) is 55.5. The van der Waals surface area contributed by atoms with E-state index in [0.29, 0.717) is 5.69 Å². The first-order valence-corrected chi connectivity index (χ1v) is 24.2. The number of hydrogen-bond acceptors (Lipinski definition) is 17. The lowest BCUT2D eigenvalue weighted by atomic mass is 10.00. The summed E-state index contributed by atoms with van der Waals surface area (Å²) < 4.78 is 0. The molecule has 0 aliphatic rings. The van der Waals surface area contributed by atoms with Crippen molar-refractivity contribution in [3.63, 3.8) is 0 Å². The summed E-state index contributed by atoms with van der Waals surface area (Å²) in [5.41, 5.74) is 16.9. The van der Waals surface area contributed by atoms with E-state index < -0.39 is 158 Å². The number of hydrogen-bond donors (Lipinski definition) is 18. The fraction of sp³-hybridized carbons (Fsp3) is 0.643. The number of thiol groups is 2. The van der Waals surface area contributed by atoms with Crippen LogP contribution in [0.15, 0.2) is 17.5 Å². The quantitative estimate of drug-likeness (QED) is 0.0131. The smallest absolute Gasteiger partial charge is 0.327 e. The molecule has 0 unspecified atom stereocenters. The molecule has 0 bridgehead atoms. The van der Waals surface area contributed by atoms with Gasteiger partial charge in [0.2, 0.25) is 47.3 Å². The van der Waals surface area contributed by atoms with E-state index in [9.17, 15) is 73.2 Å². The number of aromatic nitrogens is 2. The van der Waals surface area contributed by atoms with E-state index in [2.05, 4.69) is 82.8 Å². The molecule has 31 heteroatoms. The molecule has 9 atom stereocenters. The number of carboxylic acids is 3. The molecule has 1 heterocycles. The van der Waals surface area contributed by atoms with Crippen molar-refractivity contribution >= 4 is 96.4 Å². The lowest BCUT2D eigenvalue weighted by molar-refractivity contribution is -0.142. The number of carboxylic acid groups (broad SMARTS) is 3. The number of rotatable bonds is 35. The van der Waals surface area contributed by atoms with Crippen LogP contribution in [0.25, 0.3) is 0 Å². The third-order valence-corrected chi connectivity index (χ3v) is 11.2. The number of aliphatic hydroxyl groups is 1. The molecule has 0 aliphatic carbocycles. The number of guanidine groups is 1. The minimum atomic E-state index is -1.74. The minimum absolute atomic E-state index is 0.0178. The second-order valence-electron chi connectivity index (χ2n) is 17.4. The Morgan fingerprint density at radius 2 is 1.07 bits per heavy atom. The average molecular weight is 1080 g/mol. The van der Waals surface area contributed by atoms with Crippen LogP contribution in [-0.4, -0.2) is 181 Å². The van der Waals surface area contributed by atoms with Gasteiger partial charge in [-0.15, -0.1) is 0 Å². The number of nitrogens with one attached hydrogen (secondary N) is 9. The summed E-state index contributed by atoms with van der Waals surface area (Å²) in [6.07, 6.45) is 0.115. The molecule has 410 valence electrons. The highest BCUT2D eigenvalue weighted by Crippen LogP contribution is 2.12. The predicted octanol–water partition coefficient (Wildman–Crippen LogP) is -5.42. The van der Waals surface area contributed by atoms with Crippen molar-refractivity contribution < 1.29 is 73.2 Å². The van der Waals surface area contributed by atoms with Crippen LogP contribution in [0, 0.1) is 11.8 Å². The fourth-order valence-corrected chi connectivity index (χ4v) is 6.94. The van der Waals surface area contributed by atoms with Crippen LogP contribution >= 0.6 is 25.3 Å². The summed E-state index contributed by atoms with van der Waals surface area (Å²) in [7, 11) is 0. The molecule has 0 aliphatic heterocycles. The average Bonchev–Trinajstić information content (AvgIpc) is 3.84. The third kappa shape index (κ3) is 24.5. The molecule has 1 aromatic rings. The first-order chi connectivity index (χ1) is 34.2. The molecule has 0 fully saturated rings. The van der Waals surface area contributed by atoms with Gasteiger partial charge < -0.3 is 85.1 Å². The molecule has 0 aromatic carbocycles. The number of amides is 8. The van der Waals surface area contributed by atoms with Gasteiger partial charge in [-0.25, -0.2) is 9.78 Å². The van der Waals surface area contributed by atoms with Crippen molar-refractivity contribution in [3.8, 4) is 0 Å². The van der Waals surface area contributed by atoms with Crippen molar-refractivity contribution in [1.82, 2.24) is 52.5 Å². The second kappa shape index (κ2) is 33.1. The number of carbonyl (C=O) groups excluding carboxylic acids is 8. The van der Waals surface area contributed by atoms with E-state index >= 15 is 0 Å². The number of aliphatic hydroxyl groups excluding tert-OH is 1. The summed E-state index contributed by atoms with van der Waals surface area (Å²) in [5.74, 6) is -13.7. The first-order valence-electron chi connectivity index (χ1n) is 22.9. The Balaban J connectivity index is 3.52. The third-order valence-electron chi connectivity index (χ3n) is 10.5. The predicted molar refractivity (Wildman–Crippen MR) is 266 cm³/mol. The molecule has 19 N–H and O–H groups in total. The molecule has 8 amide bonds. The Kier molecular flexibility index (Phi) is 29.1. The summed E-state index contributed by atoms with van der Waals surface area (Å²) >= 11 is 7.85. The van der Waals surface area contributed by atoms with Crippen LogP contribution in [-0.2, 0) is 59.2 Å². The molecular formula is C42H70N14O15S2. The highest BCUT2D eigenvalue weighted by atomic mass is 32.1. The standard InChI is InChI=1S/C42H70N14O15S2/c1-19(2)12-26(37(66)53-27(13-21-14-46-18-48-21)38(67)50-25(8-10-31(60)61)36(65)55-29(17-73)41(70)71)52-34(63)23(6-5-11-47-42(44)45)51-40(69)32(20(3)4)56-39(68)28(15-57)54-35(64)24(7-9-30(58)59)49-33(62)22(43)16-72/h14,18-20,22-29,32,57,72-73H,5-13,15-17,43H2,1-4H3,(H,46,48)(H,49,62)(H,50,67)(H,51,69)(H,52,63)(H,53,66)(H,54,64)(H,55,65)(H,56,68)(H,58,59)(H,60,61)(H,70,71)(H4,44,45,47)/t22-,23-,24-,25-,26-,27-,28-,29-,32-/m0/s1. The molecular weight excluding hydrogens is 1000 g/mol. The number of carbonyl (C=O) groups is 11. The van der Waals surface area contributed by atoms with Gasteiger partial charge in [-0.1, -0.05) is 27.7 Å². The van der Waals surface area contributed by atoms with E-state index in [1.54, 1.807) is 13.8 Å². The Labute approximate surface area is 431 Å². The Hall–Kier alpha value is -6.73. The fourth-order valence-electron chi connectivity index (χ4n) is 6.53. The maximum absolute atomic E-state index is 14.2. The van der Waals surface area contributed by atoms with Gasteiger partial charge in [0.05, 0.1) is 19.0 Å². The topological polar surface area (TPSA) is 484 Å². The molecule has 29 nitrogen and oxygen atoms in total. The van der Waals surface area contributed by atoms with Crippen molar-refractivity contribution in [2.75, 3.05) is 24.7 Å². The van der Waals surface area contributed by atoms with Crippen molar-refractivity contribution in [3.05, 3.63) is 18.2 Å². The molecule has 0 saturated heterocycles. The van der Waals surface area contributed by atoms with Gasteiger partial charge in [0.25, 0.3) is 0 Å². The molecule has 0 saturated carbocycles. The summed E-state index contributed by atoms with van der Waals surface area (Å²) in [4.78, 5) is 154. The maximum atomic E-state index is 14.2. The van der Waals surface area contributed by atoms with E-state index in [1.165, 1.54) is 26.4 Å². The number of aliphatic imine (C=N–C) groups is 1. The van der Waals surface area contributed by atoms with Gasteiger partial charge in [0.1, 0.15) is 48.3 Å². The van der Waals surface area contributed by atoms with Crippen molar-refractivity contribution in [1.29, 1.82) is 0 Å².